The molecule has 6 aliphatic heterocycles. The normalized spacial score (nSPS) is 24.1. The number of nitrogens with one attached hydrogen (secondary N) is 4. The number of rotatable bonds is 14. The molecule has 0 spiro atoms. The third kappa shape index (κ3) is 12.8. The van der Waals surface area contributed by atoms with Crippen LogP contribution in [0.2, 0.25) is 0 Å². The molecule has 4 N–H and O–H groups in total. The molecule has 3 aromatic carbocycles. The molecule has 11 rings (SSSR count). The number of hydrogen-bond donors (Lipinski definition) is 4. The molecule has 2 aromatic heterocycles. The summed E-state index contributed by atoms with van der Waals surface area (Å²) in [4.78, 5) is 106. The highest BCUT2D eigenvalue weighted by molar-refractivity contribution is 6.00. The van der Waals surface area contributed by atoms with Gasteiger partial charge in [0.15, 0.2) is 0 Å². The molecule has 0 radical (unpaired) electrons. The van der Waals surface area contributed by atoms with Gasteiger partial charge in [-0.25, -0.2) is 8.78 Å². The highest BCUT2D eigenvalue weighted by Gasteiger charge is 2.42. The fourth-order valence-electron chi connectivity index (χ4n) is 13.5. The van der Waals surface area contributed by atoms with E-state index in [9.17, 15) is 37.5 Å². The Labute approximate surface area is 490 Å². The Morgan fingerprint density at radius 1 is 0.560 bits per heavy atom. The molecule has 20 heteroatoms. The lowest BCUT2D eigenvalue weighted by atomic mass is 9.91. The second-order valence-corrected chi connectivity index (χ2v) is 25.2. The zero-order valence-corrected chi connectivity index (χ0v) is 49.3. The molecule has 8 heterocycles. The van der Waals surface area contributed by atoms with Crippen LogP contribution >= 0.6 is 0 Å². The average molecular weight is 1150 g/mol. The van der Waals surface area contributed by atoms with Gasteiger partial charge in [0.2, 0.25) is 11.8 Å². The number of nitrogens with zero attached hydrogens (tertiary/aromatic N) is 8. The Kier molecular flexibility index (Phi) is 17.2. The average Bonchev–Trinajstić information content (AvgIpc) is 3.24. The number of H-pyrrole nitrogens is 2. The van der Waals surface area contributed by atoms with Gasteiger partial charge in [0.1, 0.15) is 11.6 Å². The molecular formula is C64H80F2N12O6. The van der Waals surface area contributed by atoms with Crippen LogP contribution in [0.4, 0.5) is 20.2 Å². The molecule has 4 fully saturated rings. The van der Waals surface area contributed by atoms with Crippen molar-refractivity contribution in [3.63, 3.8) is 0 Å². The lowest BCUT2D eigenvalue weighted by Gasteiger charge is -2.46. The second-order valence-electron chi connectivity index (χ2n) is 25.2. The smallest absolute Gasteiger partial charge is 0.253 e. The van der Waals surface area contributed by atoms with Crippen LogP contribution in [0.5, 0.6) is 0 Å². The number of carbonyl (C=O) groups excluding carboxylic acids is 4. The van der Waals surface area contributed by atoms with Gasteiger partial charge >= 0.3 is 0 Å². The Morgan fingerprint density at radius 3 is 1.54 bits per heavy atom. The predicted octanol–water partition coefficient (Wildman–Crippen LogP) is 4.05. The number of aromatic nitrogens is 2. The fourth-order valence-corrected chi connectivity index (χ4v) is 13.5. The van der Waals surface area contributed by atoms with Gasteiger partial charge < -0.3 is 40.2 Å². The van der Waals surface area contributed by atoms with Crippen molar-refractivity contribution in [2.75, 3.05) is 115 Å². The molecule has 6 atom stereocenters. The summed E-state index contributed by atoms with van der Waals surface area (Å²) in [5, 5.41) is 7.25. The Balaban J connectivity index is 0.671. The van der Waals surface area contributed by atoms with Crippen molar-refractivity contribution in [2.45, 2.75) is 102 Å². The molecule has 0 unspecified atom stereocenters. The number of anilines is 2. The SMILES string of the molecule is C[C@@H]1CN(CC(=O)N2CCc3[nH]c(=O)c(Cc4ccc(F)cc4)cc32)[C@@H](CN2CCN(C(=O)c3cccc(C(=O)N4CCN(C[C@H]5CN[C@H](C)CN5CC(=O)N5CC(C)(C)c6[nH]c(=O)c(Cc7ccc(F)cc7)cc65)[C@H](C)C4)c3)C[C@H]2C)CN1. The zero-order valence-electron chi connectivity index (χ0n) is 49.3. The van der Waals surface area contributed by atoms with Crippen molar-refractivity contribution in [3.05, 3.63) is 162 Å². The van der Waals surface area contributed by atoms with Gasteiger partial charge in [-0.1, -0.05) is 44.2 Å². The lowest BCUT2D eigenvalue weighted by Crippen LogP contribution is -2.63. The fraction of sp³-hybridized carbons (Fsp3) is 0.500. The summed E-state index contributed by atoms with van der Waals surface area (Å²) in [6.07, 6.45) is 1.20. The van der Waals surface area contributed by atoms with E-state index in [-0.39, 0.29) is 95.7 Å². The van der Waals surface area contributed by atoms with Crippen LogP contribution in [0.25, 0.3) is 0 Å². The van der Waals surface area contributed by atoms with Crippen molar-refractivity contribution in [2.24, 2.45) is 0 Å². The molecule has 446 valence electrons. The maximum Gasteiger partial charge on any atom is 0.253 e. The van der Waals surface area contributed by atoms with Crippen LogP contribution in [0.1, 0.15) is 95.9 Å². The topological polar surface area (TPSA) is 184 Å². The van der Waals surface area contributed by atoms with Crippen LogP contribution in [-0.4, -0.2) is 204 Å². The quantitative estimate of drug-likeness (QED) is 0.125. The van der Waals surface area contributed by atoms with Gasteiger partial charge in [0, 0.05) is 186 Å². The molecule has 84 heavy (non-hydrogen) atoms. The number of benzene rings is 3. The molecule has 0 saturated carbocycles. The predicted molar refractivity (Wildman–Crippen MR) is 320 cm³/mol. The summed E-state index contributed by atoms with van der Waals surface area (Å²) in [7, 11) is 0. The van der Waals surface area contributed by atoms with E-state index in [4.69, 9.17) is 0 Å². The zero-order chi connectivity index (χ0) is 59.1. The van der Waals surface area contributed by atoms with Crippen molar-refractivity contribution in [1.29, 1.82) is 0 Å². The van der Waals surface area contributed by atoms with Gasteiger partial charge in [-0.15, -0.1) is 0 Å². The summed E-state index contributed by atoms with van der Waals surface area (Å²) < 4.78 is 27.3. The molecular weight excluding hydrogens is 1070 g/mol. The number of hydrogen-bond acceptors (Lipinski definition) is 12. The molecule has 0 aliphatic carbocycles. The van der Waals surface area contributed by atoms with Crippen molar-refractivity contribution >= 4 is 35.0 Å². The third-order valence-corrected chi connectivity index (χ3v) is 18.4. The van der Waals surface area contributed by atoms with Crippen LogP contribution in [-0.2, 0) is 34.3 Å². The highest BCUT2D eigenvalue weighted by atomic mass is 19.1. The van der Waals surface area contributed by atoms with Gasteiger partial charge in [0.25, 0.3) is 22.9 Å². The minimum absolute atomic E-state index is 0.0250. The Hall–Kier alpha value is -6.94. The van der Waals surface area contributed by atoms with Gasteiger partial charge in [-0.2, -0.15) is 0 Å². The number of carbonyl (C=O) groups is 4. The van der Waals surface area contributed by atoms with Crippen LogP contribution in [0, 0.1) is 11.6 Å². The van der Waals surface area contributed by atoms with E-state index in [1.54, 1.807) is 53.4 Å². The van der Waals surface area contributed by atoms with E-state index in [0.717, 1.165) is 28.2 Å². The second kappa shape index (κ2) is 24.6. The Bertz CT molecular complexity index is 3390. The minimum Gasteiger partial charge on any atom is -0.336 e. The van der Waals surface area contributed by atoms with Crippen LogP contribution in [0.3, 0.4) is 0 Å². The standard InChI is InChI=1S/C64H80F2N12O6/c1-40-31-75(37-57(79)77-19-18-54-55(77)27-48(60(81)69-54)24-44-10-14-50(65)15-11-44)52(29-67-40)35-71-20-22-73(33-42(71)3)62(83)46-8-7-9-47(26-46)63(84)74-23-21-72(43(4)34-74)36-53-30-68-41(2)32-76(53)38-58(80)78-39-64(5,6)59-56(78)28-49(61(82)70-59)25-45-12-16-51(66)17-13-45/h7-17,26-28,40-43,52-53,67-68H,18-25,29-39H2,1-6H3,(H,69,81)(H,70,82)/t40-,41-,42-,43-,52-,53-/m1/s1. The van der Waals surface area contributed by atoms with Gasteiger partial charge in [0.05, 0.1) is 24.5 Å². The maximum absolute atomic E-state index is 14.4. The van der Waals surface area contributed by atoms with Gasteiger partial charge in [-0.3, -0.25) is 48.4 Å². The highest BCUT2D eigenvalue weighted by Crippen LogP contribution is 2.39. The molecule has 6 aliphatic rings. The molecule has 0 bridgehead atoms. The first-order chi connectivity index (χ1) is 40.2. The van der Waals surface area contributed by atoms with Gasteiger partial charge in [-0.05, 0) is 93.4 Å². The summed E-state index contributed by atoms with van der Waals surface area (Å²) in [5.74, 6) is -0.963. The summed E-state index contributed by atoms with van der Waals surface area (Å²) in [5.41, 5.74) is 5.66. The van der Waals surface area contributed by atoms with E-state index >= 15 is 0 Å². The van der Waals surface area contributed by atoms with E-state index in [1.807, 2.05) is 40.7 Å². The number of aromatic amines is 2. The van der Waals surface area contributed by atoms with E-state index in [1.165, 1.54) is 24.3 Å². The molecule has 5 aromatic rings. The van der Waals surface area contributed by atoms with Crippen molar-refractivity contribution < 1.29 is 28.0 Å². The largest absolute Gasteiger partial charge is 0.336 e. The first-order valence-corrected chi connectivity index (χ1v) is 30.0. The van der Waals surface area contributed by atoms with Crippen molar-refractivity contribution in [1.82, 2.24) is 50.0 Å². The van der Waals surface area contributed by atoms with E-state index in [0.29, 0.717) is 139 Å². The monoisotopic (exact) mass is 1150 g/mol. The number of piperazine rings is 4. The number of amides is 4. The van der Waals surface area contributed by atoms with E-state index in [2.05, 4.69) is 67.9 Å². The molecule has 4 saturated heterocycles. The number of halogens is 2. The molecule has 4 amide bonds. The molecule has 18 nitrogen and oxygen atoms in total. The third-order valence-electron chi connectivity index (χ3n) is 18.4. The summed E-state index contributed by atoms with van der Waals surface area (Å²) >= 11 is 0. The minimum atomic E-state index is -0.463. The first kappa shape index (κ1) is 58.8. The number of pyridine rings is 2. The summed E-state index contributed by atoms with van der Waals surface area (Å²) in [6.45, 7) is 21.6. The lowest BCUT2D eigenvalue weighted by molar-refractivity contribution is -0.121. The van der Waals surface area contributed by atoms with Crippen molar-refractivity contribution in [3.8, 4) is 0 Å². The first-order valence-electron chi connectivity index (χ1n) is 30.0. The Morgan fingerprint density at radius 2 is 1.04 bits per heavy atom. The summed E-state index contributed by atoms with van der Waals surface area (Å²) in [6, 6.07) is 23.5. The number of fused-ring (bicyclic) bond motifs is 2. The van der Waals surface area contributed by atoms with Crippen LogP contribution in [0.15, 0.2) is 94.5 Å². The van der Waals surface area contributed by atoms with E-state index < -0.39 is 5.41 Å². The van der Waals surface area contributed by atoms with Crippen LogP contribution < -0.4 is 31.6 Å². The maximum atomic E-state index is 14.4.